The van der Waals surface area contributed by atoms with Gasteiger partial charge in [0.2, 0.25) is 5.91 Å². The van der Waals surface area contributed by atoms with Gasteiger partial charge in [-0.2, -0.15) is 0 Å². The number of anilines is 1. The van der Waals surface area contributed by atoms with Crippen LogP contribution in [0, 0.1) is 10.1 Å². The largest absolute Gasteiger partial charge is 0.337 e. The molecule has 1 aromatic carbocycles. The van der Waals surface area contributed by atoms with E-state index in [0.29, 0.717) is 13.1 Å². The van der Waals surface area contributed by atoms with Crippen LogP contribution in [0.25, 0.3) is 0 Å². The molecule has 132 valence electrons. The van der Waals surface area contributed by atoms with Crippen molar-refractivity contribution in [3.8, 4) is 0 Å². The molecule has 3 rings (SSSR count). The quantitative estimate of drug-likeness (QED) is 0.617. The summed E-state index contributed by atoms with van der Waals surface area (Å²) < 4.78 is 1.94. The van der Waals surface area contributed by atoms with Crippen LogP contribution in [0.1, 0.15) is 11.9 Å². The number of carbonyl (C=O) groups is 1. The number of nitro benzene ring substituents is 1. The molecule has 2 heterocycles. The summed E-state index contributed by atoms with van der Waals surface area (Å²) in [5.74, 6) is 0.598. The SMILES string of the molecule is Cn1ccnc1C1CNCCN1CC(=O)Nc1ccccc1[N+](=O)[O-]. The molecule has 1 aliphatic rings. The number of carbonyl (C=O) groups excluding carboxylic acids is 1. The third-order valence-electron chi connectivity index (χ3n) is 4.23. The average Bonchev–Trinajstić information content (AvgIpc) is 3.01. The fraction of sp³-hybridized carbons (Fsp3) is 0.375. The number of hydrogen-bond donors (Lipinski definition) is 2. The molecule has 1 unspecified atom stereocenters. The van der Waals surface area contributed by atoms with Crippen molar-refractivity contribution in [3.63, 3.8) is 0 Å². The van der Waals surface area contributed by atoms with Crippen LogP contribution in [-0.2, 0) is 11.8 Å². The van der Waals surface area contributed by atoms with Crippen LogP contribution in [0.4, 0.5) is 11.4 Å². The maximum atomic E-state index is 12.4. The maximum absolute atomic E-state index is 12.4. The Bertz CT molecular complexity index is 775. The molecule has 0 spiro atoms. The molecule has 1 saturated heterocycles. The minimum atomic E-state index is -0.503. The minimum Gasteiger partial charge on any atom is -0.337 e. The van der Waals surface area contributed by atoms with Gasteiger partial charge in [0, 0.05) is 45.1 Å². The number of nitro groups is 1. The van der Waals surface area contributed by atoms with Crippen molar-refractivity contribution in [1.82, 2.24) is 19.8 Å². The van der Waals surface area contributed by atoms with E-state index in [-0.39, 0.29) is 29.9 Å². The first kappa shape index (κ1) is 17.1. The van der Waals surface area contributed by atoms with Crippen molar-refractivity contribution in [2.24, 2.45) is 7.05 Å². The highest BCUT2D eigenvalue weighted by atomic mass is 16.6. The highest BCUT2D eigenvalue weighted by Gasteiger charge is 2.28. The number of hydrogen-bond acceptors (Lipinski definition) is 6. The number of para-hydroxylation sites is 2. The van der Waals surface area contributed by atoms with Crippen LogP contribution < -0.4 is 10.6 Å². The number of rotatable bonds is 5. The van der Waals surface area contributed by atoms with Gasteiger partial charge in [-0.05, 0) is 6.07 Å². The summed E-state index contributed by atoms with van der Waals surface area (Å²) in [4.78, 5) is 29.4. The molecule has 0 bridgehead atoms. The maximum Gasteiger partial charge on any atom is 0.292 e. The second-order valence-electron chi connectivity index (χ2n) is 5.91. The zero-order valence-corrected chi connectivity index (χ0v) is 13.9. The number of piperazine rings is 1. The van der Waals surface area contributed by atoms with Crippen LogP contribution in [0.5, 0.6) is 0 Å². The van der Waals surface area contributed by atoms with Gasteiger partial charge >= 0.3 is 0 Å². The molecule has 9 heteroatoms. The van der Waals surface area contributed by atoms with Crippen LogP contribution in [0.15, 0.2) is 36.7 Å². The van der Waals surface area contributed by atoms with E-state index in [1.165, 1.54) is 12.1 Å². The van der Waals surface area contributed by atoms with E-state index in [9.17, 15) is 14.9 Å². The van der Waals surface area contributed by atoms with Gasteiger partial charge in [0.25, 0.3) is 5.69 Å². The second kappa shape index (κ2) is 7.41. The first-order chi connectivity index (χ1) is 12.1. The third-order valence-corrected chi connectivity index (χ3v) is 4.23. The van der Waals surface area contributed by atoms with Crippen molar-refractivity contribution in [2.75, 3.05) is 31.5 Å². The predicted octanol–water partition coefficient (Wildman–Crippen LogP) is 0.913. The number of nitrogens with one attached hydrogen (secondary N) is 2. The Hall–Kier alpha value is -2.78. The Balaban J connectivity index is 1.71. The monoisotopic (exact) mass is 344 g/mol. The minimum absolute atomic E-state index is 0.0229. The Morgan fingerprint density at radius 1 is 1.48 bits per heavy atom. The Labute approximate surface area is 144 Å². The normalized spacial score (nSPS) is 18.0. The van der Waals surface area contributed by atoms with Crippen LogP contribution in [0.2, 0.25) is 0 Å². The first-order valence-electron chi connectivity index (χ1n) is 8.01. The zero-order valence-electron chi connectivity index (χ0n) is 13.9. The average molecular weight is 344 g/mol. The van der Waals surface area contributed by atoms with Crippen molar-refractivity contribution < 1.29 is 9.72 Å². The fourth-order valence-corrected chi connectivity index (χ4v) is 3.00. The van der Waals surface area contributed by atoms with Crippen molar-refractivity contribution >= 4 is 17.3 Å². The van der Waals surface area contributed by atoms with Gasteiger partial charge in [0.15, 0.2) is 0 Å². The molecule has 1 amide bonds. The van der Waals surface area contributed by atoms with Crippen LogP contribution in [-0.4, -0.2) is 51.5 Å². The van der Waals surface area contributed by atoms with Gasteiger partial charge in [-0.3, -0.25) is 19.8 Å². The summed E-state index contributed by atoms with van der Waals surface area (Å²) in [7, 11) is 1.92. The second-order valence-corrected chi connectivity index (χ2v) is 5.91. The number of imidazole rings is 1. The number of nitrogens with zero attached hydrogens (tertiary/aromatic N) is 4. The summed E-state index contributed by atoms with van der Waals surface area (Å²) >= 11 is 0. The highest BCUT2D eigenvalue weighted by molar-refractivity contribution is 5.94. The summed E-state index contributed by atoms with van der Waals surface area (Å²) in [6, 6.07) is 6.11. The van der Waals surface area contributed by atoms with Gasteiger partial charge in [0.05, 0.1) is 17.5 Å². The first-order valence-corrected chi connectivity index (χ1v) is 8.01. The van der Waals surface area contributed by atoms with Crippen LogP contribution in [0.3, 0.4) is 0 Å². The van der Waals surface area contributed by atoms with E-state index >= 15 is 0 Å². The molecule has 2 N–H and O–H groups in total. The predicted molar refractivity (Wildman–Crippen MR) is 92.1 cm³/mol. The number of amides is 1. The van der Waals surface area contributed by atoms with Gasteiger partial charge < -0.3 is 15.2 Å². The fourth-order valence-electron chi connectivity index (χ4n) is 3.00. The Kier molecular flexibility index (Phi) is 5.05. The lowest BCUT2D eigenvalue weighted by Gasteiger charge is -2.35. The third kappa shape index (κ3) is 3.83. The molecule has 1 aromatic heterocycles. The standard InChI is InChI=1S/C16H20N6O3/c1-20-8-7-18-16(20)14-10-17-6-9-21(14)11-15(23)19-12-4-2-3-5-13(12)22(24)25/h2-5,7-8,14,17H,6,9-11H2,1H3,(H,19,23). The molecule has 1 atom stereocenters. The molecular weight excluding hydrogens is 324 g/mol. The van der Waals surface area contributed by atoms with Gasteiger partial charge in [-0.25, -0.2) is 4.98 Å². The lowest BCUT2D eigenvalue weighted by Crippen LogP contribution is -2.49. The van der Waals surface area contributed by atoms with Gasteiger partial charge in [0.1, 0.15) is 11.5 Å². The molecule has 2 aromatic rings. The van der Waals surface area contributed by atoms with Crippen LogP contribution >= 0.6 is 0 Å². The molecule has 25 heavy (non-hydrogen) atoms. The Morgan fingerprint density at radius 2 is 2.28 bits per heavy atom. The van der Waals surface area contributed by atoms with E-state index in [1.807, 2.05) is 22.7 Å². The molecule has 1 fully saturated rings. The van der Waals surface area contributed by atoms with E-state index in [0.717, 1.165) is 12.4 Å². The smallest absolute Gasteiger partial charge is 0.292 e. The Morgan fingerprint density at radius 3 is 3.00 bits per heavy atom. The summed E-state index contributed by atoms with van der Waals surface area (Å²) in [5, 5.41) is 17.0. The van der Waals surface area contributed by atoms with Crippen molar-refractivity contribution in [3.05, 3.63) is 52.6 Å². The highest BCUT2D eigenvalue weighted by Crippen LogP contribution is 2.24. The van der Waals surface area contributed by atoms with E-state index in [2.05, 4.69) is 15.6 Å². The number of benzene rings is 1. The number of aryl methyl sites for hydroxylation is 1. The summed E-state index contributed by atoms with van der Waals surface area (Å²) in [6.07, 6.45) is 3.60. The van der Waals surface area contributed by atoms with Crippen molar-refractivity contribution in [1.29, 1.82) is 0 Å². The molecular formula is C16H20N6O3. The lowest BCUT2D eigenvalue weighted by atomic mass is 10.1. The molecule has 0 radical (unpaired) electrons. The summed E-state index contributed by atoms with van der Waals surface area (Å²) in [5.41, 5.74) is 0.0954. The molecule has 0 saturated carbocycles. The molecule has 0 aliphatic carbocycles. The van der Waals surface area contributed by atoms with Crippen molar-refractivity contribution in [2.45, 2.75) is 6.04 Å². The van der Waals surface area contributed by atoms with E-state index in [1.54, 1.807) is 18.3 Å². The summed E-state index contributed by atoms with van der Waals surface area (Å²) in [6.45, 7) is 2.32. The molecule has 1 aliphatic heterocycles. The molecule has 9 nitrogen and oxygen atoms in total. The topological polar surface area (TPSA) is 105 Å². The van der Waals surface area contributed by atoms with E-state index in [4.69, 9.17) is 0 Å². The van der Waals surface area contributed by atoms with Gasteiger partial charge in [-0.1, -0.05) is 12.1 Å². The number of aromatic nitrogens is 2. The van der Waals surface area contributed by atoms with E-state index < -0.39 is 4.92 Å². The van der Waals surface area contributed by atoms with Gasteiger partial charge in [-0.15, -0.1) is 0 Å². The lowest BCUT2D eigenvalue weighted by molar-refractivity contribution is -0.383. The zero-order chi connectivity index (χ0) is 17.8.